The smallest absolute Gasteiger partial charge is 0.318 e. The predicted molar refractivity (Wildman–Crippen MR) is 99.2 cm³/mol. The summed E-state index contributed by atoms with van der Waals surface area (Å²) in [6.45, 7) is 2.74. The number of ether oxygens (including phenoxy) is 3. The maximum Gasteiger partial charge on any atom is 0.318 e. The molecule has 6 nitrogen and oxygen atoms in total. The van der Waals surface area contributed by atoms with Gasteiger partial charge in [-0.15, -0.1) is 11.8 Å². The maximum absolute atomic E-state index is 12.7. The summed E-state index contributed by atoms with van der Waals surface area (Å²) in [7, 11) is 1.35. The van der Waals surface area contributed by atoms with Crippen LogP contribution in [0.3, 0.4) is 0 Å². The van der Waals surface area contributed by atoms with E-state index in [1.165, 1.54) is 18.9 Å². The quantitative estimate of drug-likeness (QED) is 0.640. The lowest BCUT2D eigenvalue weighted by Gasteiger charge is -2.19. The molecule has 0 aromatic heterocycles. The summed E-state index contributed by atoms with van der Waals surface area (Å²) in [6, 6.07) is 12.4. The first kappa shape index (κ1) is 18.1. The molecule has 7 heteroatoms. The molecule has 1 N–H and O–H groups in total. The lowest BCUT2D eigenvalue weighted by atomic mass is 10.2. The molecule has 1 heterocycles. The van der Waals surface area contributed by atoms with E-state index in [1.54, 1.807) is 37.3 Å². The van der Waals surface area contributed by atoms with Gasteiger partial charge >= 0.3 is 5.97 Å². The van der Waals surface area contributed by atoms with E-state index in [2.05, 4.69) is 5.32 Å². The van der Waals surface area contributed by atoms with Crippen LogP contribution in [0.25, 0.3) is 0 Å². The Bertz CT molecular complexity index is 823. The first-order valence-electron chi connectivity index (χ1n) is 8.13. The molecule has 0 aliphatic carbocycles. The standard InChI is InChI=1S/C19H19NO5S/c1-12(19(22)23-2)26-17-6-4-3-5-14(17)18(21)20-13-7-8-15-16(11-13)25-10-9-24-15/h3-8,11-12H,9-10H2,1-2H3,(H,20,21)/t12-/m1/s1. The minimum atomic E-state index is -0.414. The van der Waals surface area contributed by atoms with Crippen LogP contribution in [-0.2, 0) is 9.53 Å². The number of methoxy groups -OCH3 is 1. The topological polar surface area (TPSA) is 73.9 Å². The molecule has 1 aliphatic rings. The van der Waals surface area contributed by atoms with E-state index >= 15 is 0 Å². The Morgan fingerprint density at radius 1 is 1.12 bits per heavy atom. The second kappa shape index (κ2) is 8.14. The number of carbonyl (C=O) groups excluding carboxylic acids is 2. The van der Waals surface area contributed by atoms with Gasteiger partial charge in [0.05, 0.1) is 12.7 Å². The van der Waals surface area contributed by atoms with Gasteiger partial charge in [-0.25, -0.2) is 0 Å². The molecule has 1 aliphatic heterocycles. The van der Waals surface area contributed by atoms with Crippen LogP contribution in [-0.4, -0.2) is 37.4 Å². The van der Waals surface area contributed by atoms with Crippen LogP contribution in [0, 0.1) is 0 Å². The average molecular weight is 373 g/mol. The number of benzene rings is 2. The van der Waals surface area contributed by atoms with Crippen molar-refractivity contribution < 1.29 is 23.8 Å². The molecule has 0 saturated heterocycles. The van der Waals surface area contributed by atoms with Gasteiger partial charge in [-0.3, -0.25) is 9.59 Å². The minimum Gasteiger partial charge on any atom is -0.486 e. The predicted octanol–water partition coefficient (Wildman–Crippen LogP) is 3.36. The Morgan fingerprint density at radius 2 is 1.85 bits per heavy atom. The third-order valence-electron chi connectivity index (χ3n) is 3.77. The summed E-state index contributed by atoms with van der Waals surface area (Å²) in [4.78, 5) is 25.1. The van der Waals surface area contributed by atoms with Crippen molar-refractivity contribution in [3.8, 4) is 11.5 Å². The highest BCUT2D eigenvalue weighted by molar-refractivity contribution is 8.00. The van der Waals surface area contributed by atoms with Crippen molar-refractivity contribution in [2.24, 2.45) is 0 Å². The summed E-state index contributed by atoms with van der Waals surface area (Å²) < 4.78 is 15.8. The van der Waals surface area contributed by atoms with E-state index < -0.39 is 5.25 Å². The van der Waals surface area contributed by atoms with E-state index in [1.807, 2.05) is 12.1 Å². The van der Waals surface area contributed by atoms with Gasteiger partial charge in [-0.2, -0.15) is 0 Å². The normalized spacial score (nSPS) is 13.6. The molecule has 0 fully saturated rings. The van der Waals surface area contributed by atoms with Crippen molar-refractivity contribution >= 4 is 29.3 Å². The number of fused-ring (bicyclic) bond motifs is 1. The van der Waals surface area contributed by atoms with E-state index in [0.29, 0.717) is 40.9 Å². The first-order chi connectivity index (χ1) is 12.6. The Kier molecular flexibility index (Phi) is 5.68. The van der Waals surface area contributed by atoms with Crippen molar-refractivity contribution in [1.82, 2.24) is 0 Å². The van der Waals surface area contributed by atoms with Gasteiger partial charge in [-0.05, 0) is 31.2 Å². The fourth-order valence-corrected chi connectivity index (χ4v) is 3.50. The number of carbonyl (C=O) groups is 2. The van der Waals surface area contributed by atoms with Crippen LogP contribution >= 0.6 is 11.8 Å². The molecule has 0 unspecified atom stereocenters. The van der Waals surface area contributed by atoms with Crippen molar-refractivity contribution in [3.05, 3.63) is 48.0 Å². The van der Waals surface area contributed by atoms with E-state index in [4.69, 9.17) is 14.2 Å². The lowest BCUT2D eigenvalue weighted by Crippen LogP contribution is -2.18. The van der Waals surface area contributed by atoms with Crippen LogP contribution < -0.4 is 14.8 Å². The zero-order valence-corrected chi connectivity index (χ0v) is 15.3. The molecule has 26 heavy (non-hydrogen) atoms. The zero-order chi connectivity index (χ0) is 18.5. The van der Waals surface area contributed by atoms with Crippen LogP contribution in [0.5, 0.6) is 11.5 Å². The lowest BCUT2D eigenvalue weighted by molar-refractivity contribution is -0.139. The van der Waals surface area contributed by atoms with Gasteiger partial charge in [0.2, 0.25) is 0 Å². The van der Waals surface area contributed by atoms with E-state index in [9.17, 15) is 9.59 Å². The van der Waals surface area contributed by atoms with Gasteiger partial charge in [0.25, 0.3) is 5.91 Å². The monoisotopic (exact) mass is 373 g/mol. The molecule has 2 aromatic rings. The Morgan fingerprint density at radius 3 is 2.62 bits per heavy atom. The number of thioether (sulfide) groups is 1. The Hall–Kier alpha value is -2.67. The first-order valence-corrected chi connectivity index (χ1v) is 9.01. The second-order valence-corrected chi connectivity index (χ2v) is 6.97. The number of anilines is 1. The van der Waals surface area contributed by atoms with Crippen LogP contribution in [0.2, 0.25) is 0 Å². The van der Waals surface area contributed by atoms with Gasteiger partial charge < -0.3 is 19.5 Å². The van der Waals surface area contributed by atoms with Gasteiger partial charge in [-0.1, -0.05) is 12.1 Å². The number of rotatable bonds is 5. The van der Waals surface area contributed by atoms with Crippen LogP contribution in [0.15, 0.2) is 47.4 Å². The second-order valence-electron chi connectivity index (χ2n) is 5.59. The summed E-state index contributed by atoms with van der Waals surface area (Å²) in [6.07, 6.45) is 0. The van der Waals surface area contributed by atoms with E-state index in [0.717, 1.165) is 0 Å². The van der Waals surface area contributed by atoms with Crippen LogP contribution in [0.1, 0.15) is 17.3 Å². The third kappa shape index (κ3) is 4.11. The molecule has 1 amide bonds. The molecule has 0 spiro atoms. The highest BCUT2D eigenvalue weighted by atomic mass is 32.2. The molecular weight excluding hydrogens is 354 g/mol. The average Bonchev–Trinajstić information content (AvgIpc) is 2.67. The molecule has 3 rings (SSSR count). The number of esters is 1. The Balaban J connectivity index is 1.77. The van der Waals surface area contributed by atoms with Crippen LogP contribution in [0.4, 0.5) is 5.69 Å². The van der Waals surface area contributed by atoms with Gasteiger partial charge in [0.15, 0.2) is 11.5 Å². The number of amides is 1. The maximum atomic E-state index is 12.7. The molecule has 1 atom stereocenters. The van der Waals surface area contributed by atoms with Crippen molar-refractivity contribution in [2.45, 2.75) is 17.1 Å². The number of nitrogens with one attached hydrogen (secondary N) is 1. The highest BCUT2D eigenvalue weighted by Gasteiger charge is 2.19. The molecule has 0 saturated carbocycles. The van der Waals surface area contributed by atoms with E-state index in [-0.39, 0.29) is 11.9 Å². The molecule has 136 valence electrons. The third-order valence-corrected chi connectivity index (χ3v) is 4.92. The molecule has 2 aromatic carbocycles. The van der Waals surface area contributed by atoms with Gasteiger partial charge in [0.1, 0.15) is 18.5 Å². The molecular formula is C19H19NO5S. The summed E-state index contributed by atoms with van der Waals surface area (Å²) in [5.74, 6) is 0.673. The summed E-state index contributed by atoms with van der Waals surface area (Å²) in [5.41, 5.74) is 1.10. The SMILES string of the molecule is COC(=O)[C@@H](C)Sc1ccccc1C(=O)Nc1ccc2c(c1)OCCO2. The fraction of sp³-hybridized carbons (Fsp3) is 0.263. The fourth-order valence-electron chi connectivity index (χ4n) is 2.48. The summed E-state index contributed by atoms with van der Waals surface area (Å²) in [5, 5.41) is 2.45. The number of hydrogen-bond acceptors (Lipinski definition) is 6. The van der Waals surface area contributed by atoms with Crippen molar-refractivity contribution in [1.29, 1.82) is 0 Å². The van der Waals surface area contributed by atoms with Crippen molar-refractivity contribution in [2.75, 3.05) is 25.6 Å². The van der Waals surface area contributed by atoms with Gasteiger partial charge in [0, 0.05) is 16.6 Å². The molecule has 0 radical (unpaired) electrons. The zero-order valence-electron chi connectivity index (χ0n) is 14.5. The largest absolute Gasteiger partial charge is 0.486 e. The molecule has 0 bridgehead atoms. The highest BCUT2D eigenvalue weighted by Crippen LogP contribution is 2.33. The Labute approximate surface area is 155 Å². The number of hydrogen-bond donors (Lipinski definition) is 1. The van der Waals surface area contributed by atoms with Crippen molar-refractivity contribution in [3.63, 3.8) is 0 Å². The minimum absolute atomic E-state index is 0.262. The summed E-state index contributed by atoms with van der Waals surface area (Å²) >= 11 is 1.28.